The summed E-state index contributed by atoms with van der Waals surface area (Å²) in [7, 11) is -4.14. The number of nitrogens with one attached hydrogen (secondary N) is 2. The topological polar surface area (TPSA) is 81.8 Å². The van der Waals surface area contributed by atoms with Crippen LogP contribution in [-0.2, 0) is 16.6 Å². The third-order valence-electron chi connectivity index (χ3n) is 4.31. The molecular weight excluding hydrogens is 432 g/mol. The van der Waals surface area contributed by atoms with E-state index in [2.05, 4.69) is 10.7 Å². The minimum atomic E-state index is -4.14. The summed E-state index contributed by atoms with van der Waals surface area (Å²) in [6, 6.07) is 18.1. The number of hydrogen-bond acceptors (Lipinski definition) is 6. The van der Waals surface area contributed by atoms with E-state index in [1.165, 1.54) is 12.1 Å². The molecule has 2 amide bonds. The van der Waals surface area contributed by atoms with Gasteiger partial charge in [0.15, 0.2) is 0 Å². The Kier molecular flexibility index (Phi) is 5.46. The van der Waals surface area contributed by atoms with Crippen molar-refractivity contribution in [1.82, 2.24) is 10.4 Å². The minimum absolute atomic E-state index is 0.0105. The summed E-state index contributed by atoms with van der Waals surface area (Å²) < 4.78 is 27.5. The summed E-state index contributed by atoms with van der Waals surface area (Å²) in [4.78, 5) is 13.1. The van der Waals surface area contributed by atoms with Gasteiger partial charge in [-0.05, 0) is 35.9 Å². The number of carbonyl (C=O) groups excluding carboxylic acids is 1. The first-order chi connectivity index (χ1) is 13.9. The SMILES string of the molecule is O=C(NN1CNc2ccccc2C1)N(c1ccccc1)S(=O)(=O)c1ccc(Cl)s1. The second kappa shape index (κ2) is 8.03. The molecule has 1 aliphatic rings. The van der Waals surface area contributed by atoms with Crippen LogP contribution < -0.4 is 15.0 Å². The first-order valence-corrected chi connectivity index (χ1v) is 11.3. The molecule has 0 unspecified atom stereocenters. The van der Waals surface area contributed by atoms with Gasteiger partial charge in [0.25, 0.3) is 10.0 Å². The normalized spacial score (nSPS) is 14.0. The molecule has 0 radical (unpaired) electrons. The first-order valence-electron chi connectivity index (χ1n) is 8.68. The maximum absolute atomic E-state index is 13.2. The van der Waals surface area contributed by atoms with Crippen molar-refractivity contribution >= 4 is 50.4 Å². The third kappa shape index (κ3) is 4.08. The molecule has 0 saturated carbocycles. The quantitative estimate of drug-likeness (QED) is 0.627. The number of amides is 2. The molecule has 2 N–H and O–H groups in total. The van der Waals surface area contributed by atoms with Crippen molar-refractivity contribution in [2.24, 2.45) is 0 Å². The van der Waals surface area contributed by atoms with Gasteiger partial charge in [-0.15, -0.1) is 11.3 Å². The van der Waals surface area contributed by atoms with Gasteiger partial charge in [-0.25, -0.2) is 4.79 Å². The van der Waals surface area contributed by atoms with Crippen molar-refractivity contribution in [2.45, 2.75) is 10.8 Å². The number of halogens is 1. The molecule has 2 heterocycles. The molecule has 1 aliphatic heterocycles. The summed E-state index contributed by atoms with van der Waals surface area (Å²) in [6.07, 6.45) is 0. The molecule has 1 aromatic heterocycles. The number of fused-ring (bicyclic) bond motifs is 1. The summed E-state index contributed by atoms with van der Waals surface area (Å²) in [5, 5.41) is 4.82. The summed E-state index contributed by atoms with van der Waals surface area (Å²) in [6.45, 7) is 0.790. The lowest BCUT2D eigenvalue weighted by molar-refractivity contribution is 0.182. The van der Waals surface area contributed by atoms with E-state index >= 15 is 0 Å². The number of urea groups is 1. The van der Waals surface area contributed by atoms with Crippen LogP contribution in [0.4, 0.5) is 16.2 Å². The average Bonchev–Trinajstić information content (AvgIpc) is 3.16. The number of carbonyl (C=O) groups is 1. The molecule has 3 aromatic rings. The monoisotopic (exact) mass is 448 g/mol. The maximum Gasteiger partial charge on any atom is 0.350 e. The van der Waals surface area contributed by atoms with Gasteiger partial charge in [0, 0.05) is 12.2 Å². The Labute approximate surface area is 177 Å². The van der Waals surface area contributed by atoms with Crippen LogP contribution in [-0.4, -0.2) is 26.1 Å². The van der Waals surface area contributed by atoms with Crippen LogP contribution in [0, 0.1) is 0 Å². The maximum atomic E-state index is 13.2. The lowest BCUT2D eigenvalue weighted by atomic mass is 10.1. The van der Waals surface area contributed by atoms with E-state index in [-0.39, 0.29) is 9.90 Å². The molecule has 0 saturated heterocycles. The zero-order valence-electron chi connectivity index (χ0n) is 15.1. The summed E-state index contributed by atoms with van der Waals surface area (Å²) >= 11 is 6.82. The molecule has 2 aromatic carbocycles. The van der Waals surface area contributed by atoms with Crippen LogP contribution >= 0.6 is 22.9 Å². The molecular formula is C19H17ClN4O3S2. The molecule has 4 rings (SSSR count). The van der Waals surface area contributed by atoms with Crippen LogP contribution in [0.1, 0.15) is 5.56 Å². The van der Waals surface area contributed by atoms with Gasteiger partial charge in [0.1, 0.15) is 4.21 Å². The predicted molar refractivity (Wildman–Crippen MR) is 114 cm³/mol. The van der Waals surface area contributed by atoms with E-state index in [0.717, 1.165) is 26.9 Å². The number of nitrogens with zero attached hydrogens (tertiary/aromatic N) is 2. The van der Waals surface area contributed by atoms with E-state index in [0.29, 0.717) is 17.5 Å². The number of benzene rings is 2. The van der Waals surface area contributed by atoms with E-state index in [9.17, 15) is 13.2 Å². The zero-order valence-corrected chi connectivity index (χ0v) is 17.5. The highest BCUT2D eigenvalue weighted by atomic mass is 35.5. The van der Waals surface area contributed by atoms with Crippen molar-refractivity contribution in [3.8, 4) is 0 Å². The second-order valence-corrected chi connectivity index (χ2v) is 10.00. The fourth-order valence-electron chi connectivity index (χ4n) is 2.99. The van der Waals surface area contributed by atoms with Crippen LogP contribution in [0.5, 0.6) is 0 Å². The largest absolute Gasteiger partial charge is 0.370 e. The summed E-state index contributed by atoms with van der Waals surface area (Å²) in [5.41, 5.74) is 4.91. The van der Waals surface area contributed by atoms with Crippen LogP contribution in [0.3, 0.4) is 0 Å². The van der Waals surface area contributed by atoms with Crippen molar-refractivity contribution in [2.75, 3.05) is 16.3 Å². The molecule has 10 heteroatoms. The highest BCUT2D eigenvalue weighted by Gasteiger charge is 2.33. The zero-order chi connectivity index (χ0) is 20.4. The van der Waals surface area contributed by atoms with Crippen LogP contribution in [0.2, 0.25) is 4.34 Å². The number of anilines is 2. The Morgan fingerprint density at radius 3 is 2.52 bits per heavy atom. The summed E-state index contributed by atoms with van der Waals surface area (Å²) in [5.74, 6) is 0. The third-order valence-corrected chi connectivity index (χ3v) is 7.72. The number of thiophene rings is 1. The highest BCUT2D eigenvalue weighted by molar-refractivity contribution is 7.95. The molecule has 7 nitrogen and oxygen atoms in total. The van der Waals surface area contributed by atoms with Crippen molar-refractivity contribution < 1.29 is 13.2 Å². The van der Waals surface area contributed by atoms with Gasteiger partial charge >= 0.3 is 6.03 Å². The van der Waals surface area contributed by atoms with Crippen molar-refractivity contribution in [1.29, 1.82) is 0 Å². The van der Waals surface area contributed by atoms with E-state index in [1.807, 2.05) is 24.3 Å². The van der Waals surface area contributed by atoms with E-state index in [4.69, 9.17) is 11.6 Å². The van der Waals surface area contributed by atoms with Gasteiger partial charge in [-0.3, -0.25) is 5.43 Å². The number of rotatable bonds is 4. The predicted octanol–water partition coefficient (Wildman–Crippen LogP) is 4.11. The standard InChI is InChI=1S/C19H17ClN4O3S2/c20-17-10-11-18(28-17)29(26,27)24(15-7-2-1-3-8-15)19(25)22-23-12-14-6-4-5-9-16(14)21-13-23/h1-11,21H,12-13H2,(H,22,25). The molecule has 0 aliphatic carbocycles. The molecule has 0 fully saturated rings. The Morgan fingerprint density at radius 1 is 1.07 bits per heavy atom. The molecule has 150 valence electrons. The van der Waals surface area contributed by atoms with E-state index in [1.54, 1.807) is 35.3 Å². The Hall–Kier alpha value is -2.59. The number of sulfonamides is 1. The highest BCUT2D eigenvalue weighted by Crippen LogP contribution is 2.31. The fourth-order valence-corrected chi connectivity index (χ4v) is 5.89. The Morgan fingerprint density at radius 2 is 1.79 bits per heavy atom. The van der Waals surface area contributed by atoms with Gasteiger partial charge < -0.3 is 5.32 Å². The molecule has 0 bridgehead atoms. The lowest BCUT2D eigenvalue weighted by Gasteiger charge is -2.32. The Bertz CT molecular complexity index is 1140. The van der Waals surface area contributed by atoms with Gasteiger partial charge in [0.05, 0.1) is 16.7 Å². The van der Waals surface area contributed by atoms with Crippen molar-refractivity contribution in [3.05, 3.63) is 76.6 Å². The number of hydrazine groups is 1. The van der Waals surface area contributed by atoms with Crippen molar-refractivity contribution in [3.63, 3.8) is 0 Å². The fraction of sp³-hybridized carbons (Fsp3) is 0.105. The van der Waals surface area contributed by atoms with Crippen LogP contribution in [0.25, 0.3) is 0 Å². The smallest absolute Gasteiger partial charge is 0.350 e. The molecule has 0 spiro atoms. The van der Waals surface area contributed by atoms with Gasteiger partial charge in [-0.1, -0.05) is 48.0 Å². The molecule has 0 atom stereocenters. The first kappa shape index (κ1) is 19.7. The Balaban J connectivity index is 1.63. The number of para-hydroxylation sites is 2. The minimum Gasteiger partial charge on any atom is -0.370 e. The van der Waals surface area contributed by atoms with Crippen LogP contribution in [0.15, 0.2) is 70.9 Å². The second-order valence-electron chi connectivity index (χ2n) is 6.27. The average molecular weight is 449 g/mol. The van der Waals surface area contributed by atoms with Gasteiger partial charge in [-0.2, -0.15) is 17.7 Å². The van der Waals surface area contributed by atoms with E-state index < -0.39 is 16.1 Å². The number of hydrogen-bond donors (Lipinski definition) is 2. The molecule has 29 heavy (non-hydrogen) atoms. The lowest BCUT2D eigenvalue weighted by Crippen LogP contribution is -2.53. The van der Waals surface area contributed by atoms with Gasteiger partial charge in [0.2, 0.25) is 0 Å².